The number of nitrogens with one attached hydrogen (secondary N) is 1. The maximum Gasteiger partial charge on any atom is 0.215 e. The molecule has 1 unspecified atom stereocenters. The standard InChI is InChI=1S/C8H17NO3S/c1-3-7-13(11,12)9-6-5-8(10)4-2/h3,8-10H,1,4-7H2,2H3. The summed E-state index contributed by atoms with van der Waals surface area (Å²) >= 11 is 0. The molecule has 13 heavy (non-hydrogen) atoms. The fourth-order valence-corrected chi connectivity index (χ4v) is 1.66. The number of hydrogen-bond donors (Lipinski definition) is 2. The lowest BCUT2D eigenvalue weighted by atomic mass is 10.2. The minimum atomic E-state index is -3.21. The Morgan fingerprint density at radius 1 is 1.62 bits per heavy atom. The van der Waals surface area contributed by atoms with Gasteiger partial charge in [0.15, 0.2) is 0 Å². The third-order valence-corrected chi connectivity index (χ3v) is 2.93. The van der Waals surface area contributed by atoms with Crippen molar-refractivity contribution in [3.63, 3.8) is 0 Å². The van der Waals surface area contributed by atoms with Gasteiger partial charge in [0.05, 0.1) is 11.9 Å². The molecule has 4 nitrogen and oxygen atoms in total. The van der Waals surface area contributed by atoms with Crippen LogP contribution in [-0.2, 0) is 10.0 Å². The van der Waals surface area contributed by atoms with E-state index in [1.807, 2.05) is 6.92 Å². The second-order valence-electron chi connectivity index (χ2n) is 2.82. The molecule has 2 N–H and O–H groups in total. The van der Waals surface area contributed by atoms with Gasteiger partial charge in [-0.1, -0.05) is 13.0 Å². The van der Waals surface area contributed by atoms with E-state index in [2.05, 4.69) is 11.3 Å². The summed E-state index contributed by atoms with van der Waals surface area (Å²) in [5, 5.41) is 9.13. The first-order chi connectivity index (χ1) is 6.02. The fourth-order valence-electron chi connectivity index (χ4n) is 0.799. The van der Waals surface area contributed by atoms with Crippen molar-refractivity contribution in [2.24, 2.45) is 0 Å². The van der Waals surface area contributed by atoms with Gasteiger partial charge >= 0.3 is 0 Å². The minimum absolute atomic E-state index is 0.0742. The van der Waals surface area contributed by atoms with Gasteiger partial charge in [0, 0.05) is 6.54 Å². The van der Waals surface area contributed by atoms with Crippen molar-refractivity contribution in [2.45, 2.75) is 25.9 Å². The second-order valence-corrected chi connectivity index (χ2v) is 4.67. The summed E-state index contributed by atoms with van der Waals surface area (Å²) < 4.78 is 24.4. The van der Waals surface area contributed by atoms with Crippen molar-refractivity contribution in [1.82, 2.24) is 4.72 Å². The van der Waals surface area contributed by atoms with Crippen LogP contribution in [0.5, 0.6) is 0 Å². The van der Waals surface area contributed by atoms with Gasteiger partial charge in [0.2, 0.25) is 10.0 Å². The van der Waals surface area contributed by atoms with Gasteiger partial charge in [-0.3, -0.25) is 0 Å². The van der Waals surface area contributed by atoms with Crippen LogP contribution in [0.3, 0.4) is 0 Å². The molecule has 0 aromatic heterocycles. The Morgan fingerprint density at radius 2 is 2.23 bits per heavy atom. The maximum absolute atomic E-state index is 11.0. The zero-order chi connectivity index (χ0) is 10.3. The summed E-state index contributed by atoms with van der Waals surface area (Å²) in [5.41, 5.74) is 0. The molecule has 78 valence electrons. The van der Waals surface area contributed by atoms with Crippen molar-refractivity contribution in [1.29, 1.82) is 0 Å². The Balaban J connectivity index is 3.70. The lowest BCUT2D eigenvalue weighted by Crippen LogP contribution is -2.28. The van der Waals surface area contributed by atoms with E-state index >= 15 is 0 Å². The molecule has 0 spiro atoms. The predicted octanol–water partition coefficient (Wildman–Crippen LogP) is 0.253. The zero-order valence-corrected chi connectivity index (χ0v) is 8.68. The van der Waals surface area contributed by atoms with E-state index in [4.69, 9.17) is 5.11 Å². The molecule has 0 aliphatic rings. The molecule has 0 saturated carbocycles. The number of aliphatic hydroxyl groups excluding tert-OH is 1. The molecular weight excluding hydrogens is 190 g/mol. The molecule has 0 heterocycles. The molecule has 0 amide bonds. The minimum Gasteiger partial charge on any atom is -0.393 e. The highest BCUT2D eigenvalue weighted by Gasteiger charge is 2.07. The first-order valence-corrected chi connectivity index (χ1v) is 5.93. The summed E-state index contributed by atoms with van der Waals surface area (Å²) in [4.78, 5) is 0. The topological polar surface area (TPSA) is 66.4 Å². The van der Waals surface area contributed by atoms with E-state index in [9.17, 15) is 8.42 Å². The molecular formula is C8H17NO3S. The van der Waals surface area contributed by atoms with Gasteiger partial charge in [-0.2, -0.15) is 0 Å². The normalized spacial score (nSPS) is 14.0. The second kappa shape index (κ2) is 6.12. The maximum atomic E-state index is 11.0. The van der Waals surface area contributed by atoms with E-state index < -0.39 is 16.1 Å². The lowest BCUT2D eigenvalue weighted by molar-refractivity contribution is 0.162. The summed E-state index contributed by atoms with van der Waals surface area (Å²) in [6.07, 6.45) is 2.00. The van der Waals surface area contributed by atoms with Gasteiger partial charge in [-0.15, -0.1) is 6.58 Å². The van der Waals surface area contributed by atoms with Crippen LogP contribution in [0.25, 0.3) is 0 Å². The average Bonchev–Trinajstić information content (AvgIpc) is 2.03. The van der Waals surface area contributed by atoms with Crippen LogP contribution >= 0.6 is 0 Å². The monoisotopic (exact) mass is 207 g/mol. The highest BCUT2D eigenvalue weighted by atomic mass is 32.2. The third kappa shape index (κ3) is 6.74. The molecule has 0 bridgehead atoms. The van der Waals surface area contributed by atoms with Crippen molar-refractivity contribution >= 4 is 10.0 Å². The van der Waals surface area contributed by atoms with Gasteiger partial charge in [0.25, 0.3) is 0 Å². The van der Waals surface area contributed by atoms with Gasteiger partial charge in [-0.05, 0) is 12.8 Å². The zero-order valence-electron chi connectivity index (χ0n) is 7.86. The Labute approximate surface area is 79.7 Å². The van der Waals surface area contributed by atoms with Crippen LogP contribution in [0.4, 0.5) is 0 Å². The van der Waals surface area contributed by atoms with E-state index in [0.717, 1.165) is 0 Å². The third-order valence-electron chi connectivity index (χ3n) is 1.61. The summed E-state index contributed by atoms with van der Waals surface area (Å²) in [6, 6.07) is 0. The molecule has 5 heteroatoms. The lowest BCUT2D eigenvalue weighted by Gasteiger charge is -2.08. The largest absolute Gasteiger partial charge is 0.393 e. The van der Waals surface area contributed by atoms with E-state index in [-0.39, 0.29) is 12.3 Å². The van der Waals surface area contributed by atoms with Gasteiger partial charge in [-0.25, -0.2) is 13.1 Å². The highest BCUT2D eigenvalue weighted by Crippen LogP contribution is 1.95. The molecule has 0 saturated heterocycles. The molecule has 0 radical (unpaired) electrons. The van der Waals surface area contributed by atoms with E-state index in [0.29, 0.717) is 12.8 Å². The first kappa shape index (κ1) is 12.6. The van der Waals surface area contributed by atoms with Crippen molar-refractivity contribution in [3.05, 3.63) is 12.7 Å². The number of aliphatic hydroxyl groups is 1. The SMILES string of the molecule is C=CCS(=O)(=O)NCCC(O)CC. The van der Waals surface area contributed by atoms with Crippen LogP contribution in [0.2, 0.25) is 0 Å². The van der Waals surface area contributed by atoms with Crippen LogP contribution < -0.4 is 4.72 Å². The highest BCUT2D eigenvalue weighted by molar-refractivity contribution is 7.89. The van der Waals surface area contributed by atoms with Crippen LogP contribution in [-0.4, -0.2) is 31.9 Å². The van der Waals surface area contributed by atoms with Crippen LogP contribution in [0.1, 0.15) is 19.8 Å². The fraction of sp³-hybridized carbons (Fsp3) is 0.750. The molecule has 0 aliphatic carbocycles. The summed E-state index contributed by atoms with van der Waals surface area (Å²) in [6.45, 7) is 5.47. The Hall–Kier alpha value is -0.390. The molecule has 0 aromatic rings. The number of sulfonamides is 1. The number of rotatable bonds is 7. The average molecular weight is 207 g/mol. The Morgan fingerprint density at radius 3 is 2.69 bits per heavy atom. The Kier molecular flexibility index (Phi) is 5.94. The van der Waals surface area contributed by atoms with Crippen molar-refractivity contribution < 1.29 is 13.5 Å². The van der Waals surface area contributed by atoms with Crippen LogP contribution in [0.15, 0.2) is 12.7 Å². The number of hydrogen-bond acceptors (Lipinski definition) is 3. The van der Waals surface area contributed by atoms with E-state index in [1.165, 1.54) is 6.08 Å². The van der Waals surface area contributed by atoms with Crippen molar-refractivity contribution in [3.8, 4) is 0 Å². The molecule has 1 atom stereocenters. The summed E-state index contributed by atoms with van der Waals surface area (Å²) in [5.74, 6) is -0.0742. The van der Waals surface area contributed by atoms with Gasteiger partial charge in [0.1, 0.15) is 0 Å². The Bertz CT molecular complexity index is 236. The van der Waals surface area contributed by atoms with Gasteiger partial charge < -0.3 is 5.11 Å². The smallest absolute Gasteiger partial charge is 0.215 e. The quantitative estimate of drug-likeness (QED) is 0.588. The molecule has 0 aromatic carbocycles. The molecule has 0 fully saturated rings. The predicted molar refractivity (Wildman–Crippen MR) is 52.9 cm³/mol. The first-order valence-electron chi connectivity index (χ1n) is 4.28. The van der Waals surface area contributed by atoms with Crippen molar-refractivity contribution in [2.75, 3.05) is 12.3 Å². The molecule has 0 aliphatic heterocycles. The van der Waals surface area contributed by atoms with E-state index in [1.54, 1.807) is 0 Å². The van der Waals surface area contributed by atoms with Crippen LogP contribution in [0, 0.1) is 0 Å². The summed E-state index contributed by atoms with van der Waals surface area (Å²) in [7, 11) is -3.21. The molecule has 0 rings (SSSR count).